The van der Waals surface area contributed by atoms with Crippen LogP contribution in [0.15, 0.2) is 43.0 Å². The molecular weight excluding hydrogens is 220 g/mol. The van der Waals surface area contributed by atoms with Crippen molar-refractivity contribution in [2.24, 2.45) is 0 Å². The Kier molecular flexibility index (Phi) is 4.17. The molecule has 0 atom stereocenters. The number of hydrogen-bond donors (Lipinski definition) is 1. The zero-order chi connectivity index (χ0) is 12.8. The minimum absolute atomic E-state index is 0.334. The van der Waals surface area contributed by atoms with Gasteiger partial charge in [0.15, 0.2) is 0 Å². The van der Waals surface area contributed by atoms with E-state index in [9.17, 15) is 5.26 Å². The Labute approximate surface area is 109 Å². The molecule has 18 heavy (non-hydrogen) atoms. The Morgan fingerprint density at radius 3 is 2.56 bits per heavy atom. The van der Waals surface area contributed by atoms with Crippen molar-refractivity contribution in [3.63, 3.8) is 0 Å². The van der Waals surface area contributed by atoms with E-state index in [-0.39, 0.29) is 5.54 Å². The maximum absolute atomic E-state index is 9.38. The molecule has 1 saturated carbocycles. The zero-order valence-electron chi connectivity index (χ0n) is 10.7. The molecule has 94 valence electrons. The number of rotatable bonds is 4. The summed E-state index contributed by atoms with van der Waals surface area (Å²) in [6, 6.07) is 13.1. The lowest BCUT2D eigenvalue weighted by Crippen LogP contribution is -2.46. The van der Waals surface area contributed by atoms with Crippen LogP contribution in [0.25, 0.3) is 0 Å². The van der Waals surface area contributed by atoms with E-state index >= 15 is 0 Å². The third kappa shape index (κ3) is 2.80. The fraction of sp³-hybridized carbons (Fsp3) is 0.438. The molecule has 1 N–H and O–H groups in total. The van der Waals surface area contributed by atoms with E-state index in [2.05, 4.69) is 48.3 Å². The van der Waals surface area contributed by atoms with E-state index in [0.717, 1.165) is 25.7 Å². The summed E-state index contributed by atoms with van der Waals surface area (Å²) < 4.78 is 0. The molecule has 0 bridgehead atoms. The van der Waals surface area contributed by atoms with Crippen molar-refractivity contribution >= 4 is 0 Å². The molecule has 0 unspecified atom stereocenters. The Hall–Kier alpha value is -1.59. The van der Waals surface area contributed by atoms with Crippen molar-refractivity contribution in [1.29, 1.82) is 5.26 Å². The molecule has 1 aliphatic rings. The van der Waals surface area contributed by atoms with Gasteiger partial charge < -0.3 is 0 Å². The number of benzene rings is 1. The lowest BCUT2D eigenvalue weighted by Gasteiger charge is -2.35. The second-order valence-corrected chi connectivity index (χ2v) is 5.05. The molecule has 1 aliphatic carbocycles. The molecule has 0 aromatic heterocycles. The first kappa shape index (κ1) is 12.9. The van der Waals surface area contributed by atoms with Crippen LogP contribution in [0.4, 0.5) is 0 Å². The van der Waals surface area contributed by atoms with Gasteiger partial charge in [-0.05, 0) is 37.2 Å². The largest absolute Gasteiger partial charge is 0.296 e. The SMILES string of the molecule is C=CCNC1(C#N)CCC(c2ccccc2)CC1. The molecule has 0 saturated heterocycles. The lowest BCUT2D eigenvalue weighted by atomic mass is 9.75. The van der Waals surface area contributed by atoms with Gasteiger partial charge in [0.2, 0.25) is 0 Å². The molecular formula is C16H20N2. The predicted octanol–water partition coefficient (Wildman–Crippen LogP) is 3.38. The quantitative estimate of drug-likeness (QED) is 0.819. The van der Waals surface area contributed by atoms with Gasteiger partial charge in [0.05, 0.1) is 6.07 Å². The van der Waals surface area contributed by atoms with Gasteiger partial charge in [0.25, 0.3) is 0 Å². The highest BCUT2D eigenvalue weighted by Crippen LogP contribution is 2.37. The molecule has 2 nitrogen and oxygen atoms in total. The molecule has 0 amide bonds. The van der Waals surface area contributed by atoms with Gasteiger partial charge in [-0.15, -0.1) is 6.58 Å². The van der Waals surface area contributed by atoms with Gasteiger partial charge in [-0.25, -0.2) is 0 Å². The van der Waals surface area contributed by atoms with E-state index in [1.54, 1.807) is 0 Å². The van der Waals surface area contributed by atoms with E-state index in [1.165, 1.54) is 5.56 Å². The summed E-state index contributed by atoms with van der Waals surface area (Å²) >= 11 is 0. The summed E-state index contributed by atoms with van der Waals surface area (Å²) in [5, 5.41) is 12.7. The fourth-order valence-electron chi connectivity index (χ4n) is 2.76. The van der Waals surface area contributed by atoms with Crippen LogP contribution in [0, 0.1) is 11.3 Å². The van der Waals surface area contributed by atoms with E-state index in [1.807, 2.05) is 6.08 Å². The predicted molar refractivity (Wildman–Crippen MR) is 74.2 cm³/mol. The normalized spacial score (nSPS) is 27.4. The van der Waals surface area contributed by atoms with E-state index in [4.69, 9.17) is 0 Å². The van der Waals surface area contributed by atoms with Crippen LogP contribution in [0.3, 0.4) is 0 Å². The molecule has 1 aromatic carbocycles. The third-order valence-electron chi connectivity index (χ3n) is 3.91. The topological polar surface area (TPSA) is 35.8 Å². The van der Waals surface area contributed by atoms with Crippen molar-refractivity contribution in [1.82, 2.24) is 5.32 Å². The maximum Gasteiger partial charge on any atom is 0.107 e. The Morgan fingerprint density at radius 1 is 1.33 bits per heavy atom. The first-order chi connectivity index (χ1) is 8.79. The number of hydrogen-bond acceptors (Lipinski definition) is 2. The van der Waals surface area contributed by atoms with Gasteiger partial charge in [0, 0.05) is 6.54 Å². The molecule has 0 spiro atoms. The van der Waals surface area contributed by atoms with Crippen molar-refractivity contribution in [3.8, 4) is 6.07 Å². The first-order valence-corrected chi connectivity index (χ1v) is 6.62. The minimum Gasteiger partial charge on any atom is -0.296 e. The highest BCUT2D eigenvalue weighted by Gasteiger charge is 2.34. The summed E-state index contributed by atoms with van der Waals surface area (Å²) in [5.74, 6) is 0.609. The molecule has 0 aliphatic heterocycles. The second-order valence-electron chi connectivity index (χ2n) is 5.05. The Balaban J connectivity index is 1.99. The van der Waals surface area contributed by atoms with Gasteiger partial charge in [-0.3, -0.25) is 5.32 Å². The van der Waals surface area contributed by atoms with Crippen molar-refractivity contribution in [2.45, 2.75) is 37.1 Å². The summed E-state index contributed by atoms with van der Waals surface area (Å²) in [6.45, 7) is 4.41. The summed E-state index contributed by atoms with van der Waals surface area (Å²) in [6.07, 6.45) is 5.85. The smallest absolute Gasteiger partial charge is 0.107 e. The molecule has 2 rings (SSSR count). The molecule has 1 fully saturated rings. The average Bonchev–Trinajstić information content (AvgIpc) is 2.47. The van der Waals surface area contributed by atoms with Crippen LogP contribution in [-0.4, -0.2) is 12.1 Å². The molecule has 1 aromatic rings. The van der Waals surface area contributed by atoms with Gasteiger partial charge >= 0.3 is 0 Å². The van der Waals surface area contributed by atoms with Crippen molar-refractivity contribution in [3.05, 3.63) is 48.6 Å². The molecule has 2 heteroatoms. The van der Waals surface area contributed by atoms with Crippen LogP contribution in [0.5, 0.6) is 0 Å². The summed E-state index contributed by atoms with van der Waals surface area (Å²) in [4.78, 5) is 0. The monoisotopic (exact) mass is 240 g/mol. The van der Waals surface area contributed by atoms with Gasteiger partial charge in [0.1, 0.15) is 5.54 Å². The highest BCUT2D eigenvalue weighted by molar-refractivity contribution is 5.22. The standard InChI is InChI=1S/C16H20N2/c1-2-12-18-16(13-17)10-8-15(9-11-16)14-6-4-3-5-7-14/h2-7,15,18H,1,8-12H2. The maximum atomic E-state index is 9.38. The van der Waals surface area contributed by atoms with E-state index < -0.39 is 0 Å². The molecule has 0 heterocycles. The average molecular weight is 240 g/mol. The second kappa shape index (κ2) is 5.84. The van der Waals surface area contributed by atoms with Crippen LogP contribution in [0.1, 0.15) is 37.2 Å². The zero-order valence-corrected chi connectivity index (χ0v) is 10.7. The van der Waals surface area contributed by atoms with Crippen LogP contribution in [0.2, 0.25) is 0 Å². The summed E-state index contributed by atoms with van der Waals surface area (Å²) in [7, 11) is 0. The number of nitriles is 1. The highest BCUT2D eigenvalue weighted by atomic mass is 15.0. The summed E-state index contributed by atoms with van der Waals surface area (Å²) in [5.41, 5.74) is 1.08. The minimum atomic E-state index is -0.334. The molecule has 0 radical (unpaired) electrons. The van der Waals surface area contributed by atoms with Gasteiger partial charge in [-0.2, -0.15) is 5.26 Å². The lowest BCUT2D eigenvalue weighted by molar-refractivity contribution is 0.284. The van der Waals surface area contributed by atoms with Gasteiger partial charge in [-0.1, -0.05) is 36.4 Å². The van der Waals surface area contributed by atoms with Crippen molar-refractivity contribution in [2.75, 3.05) is 6.54 Å². The van der Waals surface area contributed by atoms with E-state index in [0.29, 0.717) is 12.5 Å². The number of nitrogens with one attached hydrogen (secondary N) is 1. The Bertz CT molecular complexity index is 422. The Morgan fingerprint density at radius 2 is 2.00 bits per heavy atom. The first-order valence-electron chi connectivity index (χ1n) is 6.62. The third-order valence-corrected chi connectivity index (χ3v) is 3.91. The van der Waals surface area contributed by atoms with Crippen LogP contribution >= 0.6 is 0 Å². The van der Waals surface area contributed by atoms with Crippen molar-refractivity contribution < 1.29 is 0 Å². The fourth-order valence-corrected chi connectivity index (χ4v) is 2.76. The number of nitrogens with zero attached hydrogens (tertiary/aromatic N) is 1. The van der Waals surface area contributed by atoms with Crippen LogP contribution < -0.4 is 5.32 Å². The van der Waals surface area contributed by atoms with Crippen LogP contribution in [-0.2, 0) is 0 Å².